The Kier molecular flexibility index (Phi) is 2.99. The Hall–Kier alpha value is -2.34. The summed E-state index contributed by atoms with van der Waals surface area (Å²) in [6.45, 7) is 11.3. The molecule has 0 N–H and O–H groups in total. The van der Waals surface area contributed by atoms with Gasteiger partial charge >= 0.3 is 0 Å². The maximum absolute atomic E-state index is 2.33. The maximum Gasteiger partial charge on any atom is -0.0107 e. The molecule has 0 bridgehead atoms. The van der Waals surface area contributed by atoms with Crippen LogP contribution in [0.4, 0.5) is 0 Å². The molecule has 23 heavy (non-hydrogen) atoms. The van der Waals surface area contributed by atoms with Gasteiger partial charge in [-0.25, -0.2) is 0 Å². The zero-order chi connectivity index (χ0) is 16.3. The summed E-state index contributed by atoms with van der Waals surface area (Å²) >= 11 is 0. The third kappa shape index (κ3) is 1.84. The lowest BCUT2D eigenvalue weighted by Gasteiger charge is -2.19. The van der Waals surface area contributed by atoms with E-state index in [1.54, 1.807) is 0 Å². The van der Waals surface area contributed by atoms with Crippen LogP contribution in [-0.2, 0) is 0 Å². The fraction of sp³-hybridized carbons (Fsp3) is 0.217. The second-order valence-electron chi connectivity index (χ2n) is 6.84. The van der Waals surface area contributed by atoms with Gasteiger partial charge in [0.1, 0.15) is 0 Å². The maximum atomic E-state index is 2.33. The lowest BCUT2D eigenvalue weighted by molar-refractivity contribution is 1.43. The second-order valence-corrected chi connectivity index (χ2v) is 6.84. The van der Waals surface area contributed by atoms with E-state index >= 15 is 0 Å². The van der Waals surface area contributed by atoms with Crippen molar-refractivity contribution in [3.8, 4) is 0 Å². The Morgan fingerprint density at radius 3 is 1.43 bits per heavy atom. The molecule has 0 atom stereocenters. The van der Waals surface area contributed by atoms with E-state index in [9.17, 15) is 0 Å². The van der Waals surface area contributed by atoms with Crippen molar-refractivity contribution in [2.75, 3.05) is 0 Å². The van der Waals surface area contributed by atoms with Crippen LogP contribution in [0.5, 0.6) is 0 Å². The first-order chi connectivity index (χ1) is 11.0. The molecule has 0 unspecified atom stereocenters. The van der Waals surface area contributed by atoms with Gasteiger partial charge in [0.25, 0.3) is 0 Å². The van der Waals surface area contributed by atoms with Gasteiger partial charge in [0.15, 0.2) is 0 Å². The van der Waals surface area contributed by atoms with Crippen molar-refractivity contribution >= 4 is 32.3 Å². The fourth-order valence-corrected chi connectivity index (χ4v) is 4.28. The van der Waals surface area contributed by atoms with Crippen molar-refractivity contribution in [3.05, 3.63) is 70.3 Å². The Balaban J connectivity index is 2.40. The standard InChI is InChI=1S/C23H22/c1-13-10-11-20-16(4)22-14(2)18-8-6-7-9-19(18)15(3)23(22)17(5)21(20)12-13/h6-12H,1-5H3. The Morgan fingerprint density at radius 1 is 0.478 bits per heavy atom. The van der Waals surface area contributed by atoms with Crippen LogP contribution in [0.25, 0.3) is 32.3 Å². The number of aryl methyl sites for hydroxylation is 5. The zero-order valence-electron chi connectivity index (χ0n) is 14.5. The molecule has 4 aromatic rings. The molecule has 0 fully saturated rings. The van der Waals surface area contributed by atoms with Crippen molar-refractivity contribution in [3.63, 3.8) is 0 Å². The van der Waals surface area contributed by atoms with E-state index in [-0.39, 0.29) is 0 Å². The third-order valence-corrected chi connectivity index (χ3v) is 5.47. The number of benzene rings is 4. The van der Waals surface area contributed by atoms with Crippen LogP contribution in [0.3, 0.4) is 0 Å². The lowest BCUT2D eigenvalue weighted by Crippen LogP contribution is -1.95. The minimum absolute atomic E-state index is 1.33. The Bertz CT molecular complexity index is 1100. The van der Waals surface area contributed by atoms with Crippen molar-refractivity contribution in [2.45, 2.75) is 34.6 Å². The zero-order valence-corrected chi connectivity index (χ0v) is 14.5. The first-order valence-corrected chi connectivity index (χ1v) is 8.32. The Morgan fingerprint density at radius 2 is 0.913 bits per heavy atom. The first-order valence-electron chi connectivity index (χ1n) is 8.32. The lowest BCUT2D eigenvalue weighted by atomic mass is 9.85. The molecule has 4 rings (SSSR count). The average Bonchev–Trinajstić information content (AvgIpc) is 2.56. The van der Waals surface area contributed by atoms with Crippen LogP contribution >= 0.6 is 0 Å². The van der Waals surface area contributed by atoms with Crippen molar-refractivity contribution < 1.29 is 0 Å². The van der Waals surface area contributed by atoms with Crippen LogP contribution in [0.15, 0.2) is 42.5 Å². The highest BCUT2D eigenvalue weighted by molar-refractivity contribution is 6.14. The highest BCUT2D eigenvalue weighted by atomic mass is 14.2. The summed E-state index contributed by atoms with van der Waals surface area (Å²) in [6.07, 6.45) is 0. The smallest absolute Gasteiger partial charge is 0.0107 e. The minimum atomic E-state index is 1.33. The van der Waals surface area contributed by atoms with Crippen LogP contribution in [-0.4, -0.2) is 0 Å². The number of hydrogen-bond acceptors (Lipinski definition) is 0. The van der Waals surface area contributed by atoms with Crippen molar-refractivity contribution in [1.29, 1.82) is 0 Å². The molecule has 0 aliphatic heterocycles. The molecule has 0 aromatic heterocycles. The number of hydrogen-bond donors (Lipinski definition) is 0. The number of fused-ring (bicyclic) bond motifs is 3. The van der Waals surface area contributed by atoms with E-state index in [0.717, 1.165) is 0 Å². The van der Waals surface area contributed by atoms with Crippen LogP contribution in [0, 0.1) is 34.6 Å². The van der Waals surface area contributed by atoms with Crippen LogP contribution < -0.4 is 0 Å². The quantitative estimate of drug-likeness (QED) is 0.317. The number of rotatable bonds is 0. The SMILES string of the molecule is Cc1ccc2c(C)c3c(C)c4ccccc4c(C)c3c(C)c2c1. The van der Waals surface area contributed by atoms with Crippen molar-refractivity contribution in [2.24, 2.45) is 0 Å². The van der Waals surface area contributed by atoms with Gasteiger partial charge in [-0.2, -0.15) is 0 Å². The van der Waals surface area contributed by atoms with Gasteiger partial charge in [-0.1, -0.05) is 48.0 Å². The van der Waals surface area contributed by atoms with E-state index in [4.69, 9.17) is 0 Å². The fourth-order valence-electron chi connectivity index (χ4n) is 4.28. The average molecular weight is 298 g/mol. The normalized spacial score (nSPS) is 11.7. The summed E-state index contributed by atoms with van der Waals surface area (Å²) < 4.78 is 0. The molecule has 0 amide bonds. The summed E-state index contributed by atoms with van der Waals surface area (Å²) in [5, 5.41) is 8.43. The van der Waals surface area contributed by atoms with E-state index < -0.39 is 0 Å². The molecule has 0 spiro atoms. The van der Waals surface area contributed by atoms with E-state index in [1.165, 1.54) is 60.1 Å². The Labute approximate surface area is 137 Å². The highest BCUT2D eigenvalue weighted by Gasteiger charge is 2.15. The molecule has 0 saturated carbocycles. The van der Waals surface area contributed by atoms with Crippen LogP contribution in [0.2, 0.25) is 0 Å². The van der Waals surface area contributed by atoms with Gasteiger partial charge in [-0.3, -0.25) is 0 Å². The predicted octanol–water partition coefficient (Wildman–Crippen LogP) is 6.69. The van der Waals surface area contributed by atoms with Gasteiger partial charge < -0.3 is 0 Å². The highest BCUT2D eigenvalue weighted by Crippen LogP contribution is 2.40. The molecule has 0 nitrogen and oxygen atoms in total. The molecule has 0 heterocycles. The molecule has 0 saturated heterocycles. The summed E-state index contributed by atoms with van der Waals surface area (Å²) in [5.74, 6) is 0. The molecule has 114 valence electrons. The van der Waals surface area contributed by atoms with Gasteiger partial charge in [-0.15, -0.1) is 0 Å². The molecule has 4 aromatic carbocycles. The third-order valence-electron chi connectivity index (χ3n) is 5.47. The molecule has 0 radical (unpaired) electrons. The summed E-state index contributed by atoms with van der Waals surface area (Å²) in [5.41, 5.74) is 6.96. The summed E-state index contributed by atoms with van der Waals surface area (Å²) in [4.78, 5) is 0. The second kappa shape index (κ2) is 4.83. The first kappa shape index (κ1) is 14.3. The monoisotopic (exact) mass is 298 g/mol. The van der Waals surface area contributed by atoms with Crippen molar-refractivity contribution in [1.82, 2.24) is 0 Å². The molecule has 0 aliphatic rings. The van der Waals surface area contributed by atoms with Gasteiger partial charge in [-0.05, 0) is 89.2 Å². The van der Waals surface area contributed by atoms with E-state index in [0.29, 0.717) is 0 Å². The predicted molar refractivity (Wildman–Crippen MR) is 103 cm³/mol. The minimum Gasteiger partial charge on any atom is -0.0616 e. The topological polar surface area (TPSA) is 0 Å². The molecular weight excluding hydrogens is 276 g/mol. The summed E-state index contributed by atoms with van der Waals surface area (Å²) in [7, 11) is 0. The van der Waals surface area contributed by atoms with E-state index in [2.05, 4.69) is 77.1 Å². The molecule has 0 aliphatic carbocycles. The largest absolute Gasteiger partial charge is 0.0616 e. The van der Waals surface area contributed by atoms with E-state index in [1.807, 2.05) is 0 Å². The van der Waals surface area contributed by atoms with Gasteiger partial charge in [0.05, 0.1) is 0 Å². The van der Waals surface area contributed by atoms with Gasteiger partial charge in [0.2, 0.25) is 0 Å². The van der Waals surface area contributed by atoms with Crippen LogP contribution in [0.1, 0.15) is 27.8 Å². The molecule has 0 heteroatoms. The summed E-state index contributed by atoms with van der Waals surface area (Å²) in [6, 6.07) is 15.7. The molecular formula is C23H22. The van der Waals surface area contributed by atoms with Gasteiger partial charge in [0, 0.05) is 0 Å².